The summed E-state index contributed by atoms with van der Waals surface area (Å²) >= 11 is 0. The monoisotopic (exact) mass is 304 g/mol. The molecule has 4 saturated carbocycles. The van der Waals surface area contributed by atoms with Gasteiger partial charge in [-0.25, -0.2) is 0 Å². The van der Waals surface area contributed by atoms with Crippen LogP contribution in [-0.2, 0) is 0 Å². The number of hydrogen-bond acceptors (Lipinski definition) is 0. The quantitative estimate of drug-likeness (QED) is 0.448. The maximum Gasteiger partial charge on any atom is -0.0246 e. The zero-order valence-corrected chi connectivity index (χ0v) is 16.2. The van der Waals surface area contributed by atoms with E-state index < -0.39 is 0 Å². The lowest BCUT2D eigenvalue weighted by Gasteiger charge is -2.40. The van der Waals surface area contributed by atoms with E-state index in [9.17, 15) is 0 Å². The molecule has 4 rings (SSSR count). The predicted molar refractivity (Wildman–Crippen MR) is 96.9 cm³/mol. The summed E-state index contributed by atoms with van der Waals surface area (Å²) in [5.41, 5.74) is 1.90. The first-order chi connectivity index (χ1) is 10.1. The third-order valence-corrected chi connectivity index (χ3v) is 8.18. The third-order valence-electron chi connectivity index (χ3n) is 8.18. The summed E-state index contributed by atoms with van der Waals surface area (Å²) < 4.78 is 0. The van der Waals surface area contributed by atoms with Crippen molar-refractivity contribution in [3.63, 3.8) is 0 Å². The highest BCUT2D eigenvalue weighted by atomic mass is 14.6. The summed E-state index contributed by atoms with van der Waals surface area (Å²) in [6.07, 6.45) is 13.8. The SMILES string of the molecule is CC(C)(C)C12CCC(CC1)C2.CC(C)(C)C1CC2CCC1C2. The number of rotatable bonds is 0. The minimum absolute atomic E-state index is 0.568. The maximum atomic E-state index is 2.43. The molecule has 0 saturated heterocycles. The Hall–Kier alpha value is 0. The van der Waals surface area contributed by atoms with Crippen molar-refractivity contribution in [2.45, 2.75) is 99.3 Å². The van der Waals surface area contributed by atoms with Crippen molar-refractivity contribution in [3.8, 4) is 0 Å². The zero-order chi connectivity index (χ0) is 16.2. The zero-order valence-electron chi connectivity index (χ0n) is 16.2. The van der Waals surface area contributed by atoms with Gasteiger partial charge in [-0.05, 0) is 91.3 Å². The van der Waals surface area contributed by atoms with E-state index in [4.69, 9.17) is 0 Å². The molecular weight excluding hydrogens is 264 g/mol. The highest BCUT2D eigenvalue weighted by Crippen LogP contribution is 2.62. The smallest absolute Gasteiger partial charge is 0.0246 e. The van der Waals surface area contributed by atoms with Crippen molar-refractivity contribution in [2.75, 3.05) is 0 Å². The molecule has 0 spiro atoms. The first-order valence-electron chi connectivity index (χ1n) is 10.1. The summed E-state index contributed by atoms with van der Waals surface area (Å²) in [6.45, 7) is 14.5. The molecule has 0 radical (unpaired) electrons. The van der Waals surface area contributed by atoms with Gasteiger partial charge in [0, 0.05) is 0 Å². The average molecular weight is 305 g/mol. The molecule has 0 nitrogen and oxygen atoms in total. The number of fused-ring (bicyclic) bond motifs is 4. The van der Waals surface area contributed by atoms with Gasteiger partial charge in [-0.3, -0.25) is 0 Å². The lowest BCUT2D eigenvalue weighted by atomic mass is 9.65. The molecule has 3 unspecified atom stereocenters. The molecule has 0 amide bonds. The van der Waals surface area contributed by atoms with Crippen molar-refractivity contribution in [3.05, 3.63) is 0 Å². The predicted octanol–water partition coefficient (Wildman–Crippen LogP) is 7.08. The van der Waals surface area contributed by atoms with Crippen LogP contribution in [0.3, 0.4) is 0 Å². The van der Waals surface area contributed by atoms with Crippen molar-refractivity contribution >= 4 is 0 Å². The fourth-order valence-corrected chi connectivity index (χ4v) is 6.55. The Bertz CT molecular complexity index is 383. The highest BCUT2D eigenvalue weighted by molar-refractivity contribution is 5.01. The molecule has 0 aliphatic heterocycles. The van der Waals surface area contributed by atoms with E-state index in [1.165, 1.54) is 51.4 Å². The van der Waals surface area contributed by atoms with Gasteiger partial charge in [-0.1, -0.05) is 48.0 Å². The molecule has 128 valence electrons. The molecule has 0 aromatic heterocycles. The van der Waals surface area contributed by atoms with Crippen LogP contribution in [-0.4, -0.2) is 0 Å². The molecule has 4 aliphatic carbocycles. The Morgan fingerprint density at radius 2 is 1.36 bits per heavy atom. The molecule has 0 heterocycles. The van der Waals surface area contributed by atoms with E-state index in [1.54, 1.807) is 6.42 Å². The highest BCUT2D eigenvalue weighted by Gasteiger charge is 2.51. The van der Waals surface area contributed by atoms with Gasteiger partial charge < -0.3 is 0 Å². The van der Waals surface area contributed by atoms with E-state index >= 15 is 0 Å². The number of hydrogen-bond donors (Lipinski definition) is 0. The van der Waals surface area contributed by atoms with Crippen molar-refractivity contribution in [2.24, 2.45) is 39.9 Å². The maximum absolute atomic E-state index is 2.43. The Labute approximate surface area is 139 Å². The molecule has 0 aromatic carbocycles. The first-order valence-corrected chi connectivity index (χ1v) is 10.1. The molecule has 4 fully saturated rings. The molecule has 4 bridgehead atoms. The minimum atomic E-state index is 0.568. The fraction of sp³-hybridized carbons (Fsp3) is 1.00. The second-order valence-electron chi connectivity index (χ2n) is 11.3. The normalized spacial score (nSPS) is 43.4. The van der Waals surface area contributed by atoms with Gasteiger partial charge in [0.25, 0.3) is 0 Å². The van der Waals surface area contributed by atoms with Gasteiger partial charge in [0.2, 0.25) is 0 Å². The van der Waals surface area contributed by atoms with E-state index in [-0.39, 0.29) is 0 Å². The van der Waals surface area contributed by atoms with E-state index in [2.05, 4.69) is 41.5 Å². The lowest BCUT2D eigenvalue weighted by Crippen LogP contribution is -2.31. The second kappa shape index (κ2) is 5.52. The minimum Gasteiger partial charge on any atom is -0.0599 e. The molecule has 4 aliphatic rings. The third kappa shape index (κ3) is 3.01. The molecular formula is C22H40. The standard InChI is InChI=1S/2C11H20/c1-10(2,3)11-6-4-9(8-11)5-7-11;1-11(2,3)10-7-8-4-5-9(10)6-8/h9H,4-8H2,1-3H3;8-10H,4-7H2,1-3H3. The summed E-state index contributed by atoms with van der Waals surface area (Å²) in [5.74, 6) is 4.36. The van der Waals surface area contributed by atoms with Gasteiger partial charge in [0.1, 0.15) is 0 Å². The van der Waals surface area contributed by atoms with Crippen LogP contribution in [0.5, 0.6) is 0 Å². The van der Waals surface area contributed by atoms with Gasteiger partial charge in [0.15, 0.2) is 0 Å². The van der Waals surface area contributed by atoms with E-state index in [0.29, 0.717) is 10.8 Å². The van der Waals surface area contributed by atoms with E-state index in [1.807, 2.05) is 0 Å². The van der Waals surface area contributed by atoms with Gasteiger partial charge in [-0.15, -0.1) is 0 Å². The van der Waals surface area contributed by atoms with Crippen LogP contribution in [0.4, 0.5) is 0 Å². The van der Waals surface area contributed by atoms with Gasteiger partial charge >= 0.3 is 0 Å². The fourth-order valence-electron chi connectivity index (χ4n) is 6.55. The molecule has 0 aromatic rings. The molecule has 0 heteroatoms. The average Bonchev–Trinajstić information content (AvgIpc) is 3.18. The summed E-state index contributed by atoms with van der Waals surface area (Å²) in [4.78, 5) is 0. The molecule has 3 atom stereocenters. The summed E-state index contributed by atoms with van der Waals surface area (Å²) in [7, 11) is 0. The molecule has 22 heavy (non-hydrogen) atoms. The Morgan fingerprint density at radius 3 is 1.59 bits per heavy atom. The second-order valence-corrected chi connectivity index (χ2v) is 11.3. The van der Waals surface area contributed by atoms with Crippen molar-refractivity contribution in [1.29, 1.82) is 0 Å². The van der Waals surface area contributed by atoms with Crippen molar-refractivity contribution < 1.29 is 0 Å². The van der Waals surface area contributed by atoms with Crippen LogP contribution in [0.1, 0.15) is 99.3 Å². The molecule has 0 N–H and O–H groups in total. The van der Waals surface area contributed by atoms with Crippen LogP contribution in [0.15, 0.2) is 0 Å². The Balaban J connectivity index is 0.000000131. The van der Waals surface area contributed by atoms with Crippen LogP contribution in [0.25, 0.3) is 0 Å². The van der Waals surface area contributed by atoms with Crippen molar-refractivity contribution in [1.82, 2.24) is 0 Å². The van der Waals surface area contributed by atoms with Gasteiger partial charge in [0.05, 0.1) is 0 Å². The lowest BCUT2D eigenvalue weighted by molar-refractivity contribution is 0.0975. The first kappa shape index (κ1) is 16.8. The van der Waals surface area contributed by atoms with Crippen LogP contribution < -0.4 is 0 Å². The van der Waals surface area contributed by atoms with Crippen LogP contribution >= 0.6 is 0 Å². The topological polar surface area (TPSA) is 0 Å². The van der Waals surface area contributed by atoms with Gasteiger partial charge in [-0.2, -0.15) is 0 Å². The Kier molecular flexibility index (Phi) is 4.23. The van der Waals surface area contributed by atoms with E-state index in [0.717, 1.165) is 29.1 Å². The van der Waals surface area contributed by atoms with Crippen LogP contribution in [0.2, 0.25) is 0 Å². The summed E-state index contributed by atoms with van der Waals surface area (Å²) in [6, 6.07) is 0. The van der Waals surface area contributed by atoms with Crippen LogP contribution in [0, 0.1) is 39.9 Å². The Morgan fingerprint density at radius 1 is 0.727 bits per heavy atom. The summed E-state index contributed by atoms with van der Waals surface area (Å²) in [5, 5.41) is 0. The largest absolute Gasteiger partial charge is 0.0599 e.